The number of fused-ring (bicyclic) bond motifs is 1. The van der Waals surface area contributed by atoms with E-state index in [9.17, 15) is 18.0 Å². The largest absolute Gasteiger partial charge is 0.449 e. The van der Waals surface area contributed by atoms with Gasteiger partial charge in [-0.2, -0.15) is 13.2 Å². The predicted molar refractivity (Wildman–Crippen MR) is 84.1 cm³/mol. The van der Waals surface area contributed by atoms with Crippen LogP contribution in [0.3, 0.4) is 0 Å². The Bertz CT molecular complexity index is 836. The molecule has 4 nitrogen and oxygen atoms in total. The van der Waals surface area contributed by atoms with E-state index in [1.165, 1.54) is 0 Å². The van der Waals surface area contributed by atoms with Crippen molar-refractivity contribution in [3.8, 4) is 0 Å². The van der Waals surface area contributed by atoms with Crippen LogP contribution in [0.5, 0.6) is 0 Å². The second-order valence-electron chi connectivity index (χ2n) is 5.51. The molecule has 128 valence electrons. The minimum absolute atomic E-state index is 0.144. The number of aromatic nitrogens is 2. The maximum atomic E-state index is 12.8. The van der Waals surface area contributed by atoms with Crippen molar-refractivity contribution in [1.82, 2.24) is 14.9 Å². The zero-order valence-corrected chi connectivity index (χ0v) is 13.8. The Morgan fingerprint density at radius 3 is 2.75 bits per heavy atom. The van der Waals surface area contributed by atoms with Crippen molar-refractivity contribution in [1.29, 1.82) is 0 Å². The van der Waals surface area contributed by atoms with Crippen molar-refractivity contribution < 1.29 is 13.2 Å². The summed E-state index contributed by atoms with van der Waals surface area (Å²) in [6.45, 7) is 1.08. The van der Waals surface area contributed by atoms with Crippen molar-refractivity contribution in [3.63, 3.8) is 0 Å². The summed E-state index contributed by atoms with van der Waals surface area (Å²) < 4.78 is 38.4. The molecule has 0 spiro atoms. The van der Waals surface area contributed by atoms with Gasteiger partial charge in [0.25, 0.3) is 5.56 Å². The number of benzene rings is 1. The third-order valence-corrected chi connectivity index (χ3v) is 4.70. The Labute approximate surface area is 145 Å². The Morgan fingerprint density at radius 2 is 2.04 bits per heavy atom. The molecule has 3 rings (SSSR count). The van der Waals surface area contributed by atoms with Crippen LogP contribution in [0.15, 0.2) is 23.0 Å². The third kappa shape index (κ3) is 3.43. The quantitative estimate of drug-likeness (QED) is 0.868. The van der Waals surface area contributed by atoms with E-state index < -0.39 is 17.6 Å². The minimum Gasteiger partial charge on any atom is -0.303 e. The van der Waals surface area contributed by atoms with Crippen LogP contribution >= 0.6 is 23.2 Å². The van der Waals surface area contributed by atoms with Crippen molar-refractivity contribution in [2.24, 2.45) is 0 Å². The first-order valence-electron chi connectivity index (χ1n) is 7.10. The lowest BCUT2D eigenvalue weighted by molar-refractivity contribution is -0.145. The fourth-order valence-electron chi connectivity index (χ4n) is 2.67. The average molecular weight is 378 g/mol. The summed E-state index contributed by atoms with van der Waals surface area (Å²) in [6.07, 6.45) is -4.36. The zero-order chi connectivity index (χ0) is 17.5. The molecular formula is C15H12Cl2F3N3O. The van der Waals surface area contributed by atoms with Crippen LogP contribution < -0.4 is 5.56 Å². The van der Waals surface area contributed by atoms with Gasteiger partial charge in [-0.05, 0) is 18.1 Å². The molecule has 24 heavy (non-hydrogen) atoms. The first-order valence-corrected chi connectivity index (χ1v) is 7.86. The minimum atomic E-state index is -4.69. The highest BCUT2D eigenvalue weighted by Crippen LogP contribution is 2.29. The fraction of sp³-hybridized carbons (Fsp3) is 0.333. The van der Waals surface area contributed by atoms with Crippen LogP contribution in [0.2, 0.25) is 10.0 Å². The lowest BCUT2D eigenvalue weighted by atomic mass is 10.1. The smallest absolute Gasteiger partial charge is 0.303 e. The summed E-state index contributed by atoms with van der Waals surface area (Å²) >= 11 is 12.1. The van der Waals surface area contributed by atoms with Gasteiger partial charge in [0.15, 0.2) is 0 Å². The Morgan fingerprint density at radius 1 is 1.29 bits per heavy atom. The summed E-state index contributed by atoms with van der Waals surface area (Å²) in [5.74, 6) is -1.27. The van der Waals surface area contributed by atoms with E-state index in [0.717, 1.165) is 5.56 Å². The summed E-state index contributed by atoms with van der Waals surface area (Å²) in [5.41, 5.74) is 0.494. The number of alkyl halides is 3. The van der Waals surface area contributed by atoms with Gasteiger partial charge in [0.1, 0.15) is 0 Å². The van der Waals surface area contributed by atoms with Crippen LogP contribution in [0.1, 0.15) is 22.6 Å². The molecule has 0 unspecified atom stereocenters. The second-order valence-corrected chi connectivity index (χ2v) is 6.30. The van der Waals surface area contributed by atoms with E-state index in [1.807, 2.05) is 9.88 Å². The molecule has 0 radical (unpaired) electrons. The zero-order valence-electron chi connectivity index (χ0n) is 12.3. The number of hydrogen-bond acceptors (Lipinski definition) is 3. The Balaban J connectivity index is 1.87. The maximum absolute atomic E-state index is 12.8. The van der Waals surface area contributed by atoms with Crippen LogP contribution in [0, 0.1) is 0 Å². The molecule has 0 saturated heterocycles. The Kier molecular flexibility index (Phi) is 4.59. The van der Waals surface area contributed by atoms with E-state index in [4.69, 9.17) is 23.2 Å². The lowest BCUT2D eigenvalue weighted by Gasteiger charge is -2.28. The second kappa shape index (κ2) is 6.38. The molecule has 0 aliphatic carbocycles. The van der Waals surface area contributed by atoms with E-state index >= 15 is 0 Å². The van der Waals surface area contributed by atoms with Gasteiger partial charge in [-0.25, -0.2) is 4.98 Å². The van der Waals surface area contributed by atoms with Gasteiger partial charge in [0, 0.05) is 25.2 Å². The highest BCUT2D eigenvalue weighted by molar-refractivity contribution is 6.42. The van der Waals surface area contributed by atoms with Crippen molar-refractivity contribution in [3.05, 3.63) is 61.2 Å². The molecule has 1 aliphatic rings. The highest BCUT2D eigenvalue weighted by atomic mass is 35.5. The number of nitrogens with zero attached hydrogens (tertiary/aromatic N) is 2. The summed E-state index contributed by atoms with van der Waals surface area (Å²) in [5, 5.41) is 0.834. The van der Waals surface area contributed by atoms with Crippen molar-refractivity contribution in [2.75, 3.05) is 6.54 Å². The first-order chi connectivity index (χ1) is 11.3. The monoisotopic (exact) mass is 377 g/mol. The molecule has 1 aromatic carbocycles. The molecule has 9 heteroatoms. The number of hydrogen-bond donors (Lipinski definition) is 1. The van der Waals surface area contributed by atoms with Gasteiger partial charge in [-0.1, -0.05) is 35.3 Å². The van der Waals surface area contributed by atoms with Gasteiger partial charge in [-0.15, -0.1) is 0 Å². The standard InChI is InChI=1S/C15H12Cl2F3N3O/c16-10-3-1-2-8(12(10)17)6-23-5-4-9-11(7-23)21-14(15(18,19)20)22-13(9)24/h1-3H,4-7H2,(H,21,22,24). The van der Waals surface area contributed by atoms with Crippen LogP contribution in [-0.4, -0.2) is 21.4 Å². The van der Waals surface area contributed by atoms with Crippen LogP contribution in [0.4, 0.5) is 13.2 Å². The summed E-state index contributed by atoms with van der Waals surface area (Å²) in [6, 6.07) is 5.22. The predicted octanol–water partition coefficient (Wildman–Crippen LogP) is 3.65. The molecule has 0 atom stereocenters. The number of aromatic amines is 1. The van der Waals surface area contributed by atoms with E-state index in [-0.39, 0.29) is 12.2 Å². The van der Waals surface area contributed by atoms with E-state index in [1.54, 1.807) is 18.2 Å². The molecular weight excluding hydrogens is 366 g/mol. The third-order valence-electron chi connectivity index (χ3n) is 3.85. The number of H-pyrrole nitrogens is 1. The lowest BCUT2D eigenvalue weighted by Crippen LogP contribution is -2.36. The van der Waals surface area contributed by atoms with Crippen LogP contribution in [0.25, 0.3) is 0 Å². The van der Waals surface area contributed by atoms with Crippen molar-refractivity contribution in [2.45, 2.75) is 25.7 Å². The molecule has 0 bridgehead atoms. The SMILES string of the molecule is O=c1[nH]c(C(F)(F)F)nc2c1CCN(Cc1cccc(Cl)c1Cl)C2. The number of halogens is 5. The van der Waals surface area contributed by atoms with Gasteiger partial charge < -0.3 is 4.98 Å². The molecule has 1 aliphatic heterocycles. The molecule has 1 aromatic heterocycles. The normalized spacial score (nSPS) is 15.4. The van der Waals surface area contributed by atoms with Crippen LogP contribution in [-0.2, 0) is 25.7 Å². The topological polar surface area (TPSA) is 49.0 Å². The molecule has 2 heterocycles. The molecule has 1 N–H and O–H groups in total. The summed E-state index contributed by atoms with van der Waals surface area (Å²) in [7, 11) is 0. The number of rotatable bonds is 2. The fourth-order valence-corrected chi connectivity index (χ4v) is 3.05. The van der Waals surface area contributed by atoms with E-state index in [0.29, 0.717) is 35.1 Å². The first kappa shape index (κ1) is 17.3. The van der Waals surface area contributed by atoms with Gasteiger partial charge in [0.05, 0.1) is 15.7 Å². The average Bonchev–Trinajstić information content (AvgIpc) is 2.50. The van der Waals surface area contributed by atoms with Gasteiger partial charge in [0.2, 0.25) is 5.82 Å². The molecule has 0 fully saturated rings. The highest BCUT2D eigenvalue weighted by Gasteiger charge is 2.36. The molecule has 0 amide bonds. The molecule has 2 aromatic rings. The summed E-state index contributed by atoms with van der Waals surface area (Å²) in [4.78, 5) is 19.1. The Hall–Kier alpha value is -1.57. The van der Waals surface area contributed by atoms with E-state index in [2.05, 4.69) is 4.98 Å². The number of nitrogens with one attached hydrogen (secondary N) is 1. The molecule has 0 saturated carbocycles. The van der Waals surface area contributed by atoms with Gasteiger partial charge >= 0.3 is 6.18 Å². The maximum Gasteiger partial charge on any atom is 0.449 e. The van der Waals surface area contributed by atoms with Gasteiger partial charge in [-0.3, -0.25) is 9.69 Å². The van der Waals surface area contributed by atoms with Crippen molar-refractivity contribution >= 4 is 23.2 Å².